The Labute approximate surface area is 104 Å². The molecule has 16 heavy (non-hydrogen) atoms. The highest BCUT2D eigenvalue weighted by molar-refractivity contribution is 9.10. The first-order valence-corrected chi connectivity index (χ1v) is 6.64. The molecule has 0 spiro atoms. The van der Waals surface area contributed by atoms with E-state index in [4.69, 9.17) is 10.5 Å². The predicted molar refractivity (Wildman–Crippen MR) is 67.3 cm³/mol. The highest BCUT2D eigenvalue weighted by Crippen LogP contribution is 2.42. The van der Waals surface area contributed by atoms with Crippen LogP contribution in [0.4, 0.5) is 0 Å². The molecule has 0 amide bonds. The Morgan fingerprint density at radius 3 is 2.81 bits per heavy atom. The van der Waals surface area contributed by atoms with Gasteiger partial charge in [-0.1, -0.05) is 34.1 Å². The van der Waals surface area contributed by atoms with Gasteiger partial charge in [0.15, 0.2) is 0 Å². The SMILES string of the molecule is NC1(Cc2ccccc2Br)CC2CCC1O2. The van der Waals surface area contributed by atoms with Crippen LogP contribution in [0.3, 0.4) is 0 Å². The minimum absolute atomic E-state index is 0.146. The van der Waals surface area contributed by atoms with E-state index in [2.05, 4.69) is 34.1 Å². The lowest BCUT2D eigenvalue weighted by Crippen LogP contribution is -2.50. The van der Waals surface area contributed by atoms with Crippen LogP contribution in [-0.2, 0) is 11.2 Å². The standard InChI is InChI=1S/C13H16BrNO/c14-11-4-2-1-3-9(11)7-13(15)8-10-5-6-12(13)16-10/h1-4,10,12H,5-8,15H2. The van der Waals surface area contributed by atoms with Gasteiger partial charge in [-0.2, -0.15) is 0 Å². The fourth-order valence-corrected chi connectivity index (χ4v) is 3.44. The third-order valence-electron chi connectivity index (χ3n) is 3.83. The molecule has 2 N–H and O–H groups in total. The average molecular weight is 282 g/mol. The quantitative estimate of drug-likeness (QED) is 0.905. The average Bonchev–Trinajstić information content (AvgIpc) is 2.81. The fourth-order valence-electron chi connectivity index (χ4n) is 3.02. The highest BCUT2D eigenvalue weighted by Gasteiger charge is 2.49. The Kier molecular flexibility index (Phi) is 2.57. The summed E-state index contributed by atoms with van der Waals surface area (Å²) in [7, 11) is 0. The minimum Gasteiger partial charge on any atom is -0.373 e. The van der Waals surface area contributed by atoms with Crippen LogP contribution in [0.5, 0.6) is 0 Å². The molecular weight excluding hydrogens is 266 g/mol. The number of hydrogen-bond acceptors (Lipinski definition) is 2. The lowest BCUT2D eigenvalue weighted by Gasteiger charge is -2.31. The van der Waals surface area contributed by atoms with Crippen molar-refractivity contribution in [2.45, 2.75) is 43.4 Å². The first-order chi connectivity index (χ1) is 7.67. The summed E-state index contributed by atoms with van der Waals surface area (Å²) < 4.78 is 7.01. The maximum absolute atomic E-state index is 6.50. The second-order valence-electron chi connectivity index (χ2n) is 5.03. The summed E-state index contributed by atoms with van der Waals surface area (Å²) in [6.07, 6.45) is 4.93. The monoisotopic (exact) mass is 281 g/mol. The molecule has 2 fully saturated rings. The van der Waals surface area contributed by atoms with E-state index in [9.17, 15) is 0 Å². The van der Waals surface area contributed by atoms with Gasteiger partial charge in [0.2, 0.25) is 0 Å². The molecule has 0 saturated carbocycles. The van der Waals surface area contributed by atoms with Crippen molar-refractivity contribution in [2.24, 2.45) is 5.73 Å². The van der Waals surface area contributed by atoms with Crippen molar-refractivity contribution in [1.82, 2.24) is 0 Å². The predicted octanol–water partition coefficient (Wildman–Crippen LogP) is 2.64. The number of nitrogens with two attached hydrogens (primary N) is 1. The van der Waals surface area contributed by atoms with Crippen LogP contribution >= 0.6 is 15.9 Å². The Morgan fingerprint density at radius 1 is 1.38 bits per heavy atom. The summed E-state index contributed by atoms with van der Waals surface area (Å²) in [5, 5.41) is 0. The zero-order valence-corrected chi connectivity index (χ0v) is 10.7. The summed E-state index contributed by atoms with van der Waals surface area (Å²) in [5.74, 6) is 0. The number of fused-ring (bicyclic) bond motifs is 2. The van der Waals surface area contributed by atoms with Crippen LogP contribution in [0.25, 0.3) is 0 Å². The molecule has 3 rings (SSSR count). The molecule has 3 unspecified atom stereocenters. The molecule has 2 aliphatic rings. The number of ether oxygens (including phenoxy) is 1. The van der Waals surface area contributed by atoms with Gasteiger partial charge in [0.25, 0.3) is 0 Å². The van der Waals surface area contributed by atoms with E-state index in [1.54, 1.807) is 0 Å². The van der Waals surface area contributed by atoms with Crippen LogP contribution in [0.1, 0.15) is 24.8 Å². The summed E-state index contributed by atoms with van der Waals surface area (Å²) in [6, 6.07) is 8.32. The molecule has 2 bridgehead atoms. The van der Waals surface area contributed by atoms with Crippen LogP contribution in [0.15, 0.2) is 28.7 Å². The zero-order chi connectivity index (χ0) is 11.2. The first kappa shape index (κ1) is 10.8. The second-order valence-corrected chi connectivity index (χ2v) is 5.88. The molecule has 2 aliphatic heterocycles. The van der Waals surface area contributed by atoms with E-state index in [1.165, 1.54) is 12.0 Å². The molecule has 0 radical (unpaired) electrons. The molecule has 0 aromatic heterocycles. The van der Waals surface area contributed by atoms with Gasteiger partial charge in [-0.05, 0) is 37.3 Å². The summed E-state index contributed by atoms with van der Waals surface area (Å²) in [5.41, 5.74) is 7.65. The van der Waals surface area contributed by atoms with E-state index in [0.29, 0.717) is 6.10 Å². The van der Waals surface area contributed by atoms with E-state index in [-0.39, 0.29) is 11.6 Å². The van der Waals surface area contributed by atoms with Gasteiger partial charge in [-0.25, -0.2) is 0 Å². The van der Waals surface area contributed by atoms with Gasteiger partial charge in [-0.15, -0.1) is 0 Å². The number of benzene rings is 1. The van der Waals surface area contributed by atoms with Crippen molar-refractivity contribution in [3.05, 3.63) is 34.3 Å². The summed E-state index contributed by atoms with van der Waals surface area (Å²) in [4.78, 5) is 0. The van der Waals surface area contributed by atoms with Gasteiger partial charge in [0.1, 0.15) is 0 Å². The van der Waals surface area contributed by atoms with Crippen LogP contribution in [0, 0.1) is 0 Å². The molecule has 2 heterocycles. The molecule has 1 aromatic carbocycles. The van der Waals surface area contributed by atoms with Crippen molar-refractivity contribution in [1.29, 1.82) is 0 Å². The lowest BCUT2D eigenvalue weighted by atomic mass is 9.78. The van der Waals surface area contributed by atoms with Crippen molar-refractivity contribution in [3.8, 4) is 0 Å². The largest absolute Gasteiger partial charge is 0.373 e. The summed E-state index contributed by atoms with van der Waals surface area (Å²) in [6.45, 7) is 0. The van der Waals surface area contributed by atoms with Crippen molar-refractivity contribution in [3.63, 3.8) is 0 Å². The maximum atomic E-state index is 6.50. The van der Waals surface area contributed by atoms with Crippen molar-refractivity contribution < 1.29 is 4.74 Å². The van der Waals surface area contributed by atoms with E-state index < -0.39 is 0 Å². The second kappa shape index (κ2) is 3.83. The Morgan fingerprint density at radius 2 is 2.19 bits per heavy atom. The topological polar surface area (TPSA) is 35.2 Å². The van der Waals surface area contributed by atoms with Gasteiger partial charge in [0, 0.05) is 10.0 Å². The number of rotatable bonds is 2. The van der Waals surface area contributed by atoms with Gasteiger partial charge in [-0.3, -0.25) is 0 Å². The van der Waals surface area contributed by atoms with E-state index in [1.807, 2.05) is 6.07 Å². The number of halogens is 1. The molecule has 3 heteroatoms. The highest BCUT2D eigenvalue weighted by atomic mass is 79.9. The van der Waals surface area contributed by atoms with Crippen LogP contribution < -0.4 is 5.73 Å². The van der Waals surface area contributed by atoms with E-state index >= 15 is 0 Å². The molecule has 0 aliphatic carbocycles. The van der Waals surface area contributed by atoms with Crippen molar-refractivity contribution >= 4 is 15.9 Å². The normalized spacial score (nSPS) is 36.9. The van der Waals surface area contributed by atoms with E-state index in [0.717, 1.165) is 23.7 Å². The fraction of sp³-hybridized carbons (Fsp3) is 0.538. The first-order valence-electron chi connectivity index (χ1n) is 5.85. The summed E-state index contributed by atoms with van der Waals surface area (Å²) >= 11 is 3.58. The zero-order valence-electron chi connectivity index (χ0n) is 9.16. The Balaban J connectivity index is 1.82. The molecule has 2 saturated heterocycles. The molecule has 86 valence electrons. The minimum atomic E-state index is -0.146. The van der Waals surface area contributed by atoms with Gasteiger partial charge in [0.05, 0.1) is 12.2 Å². The Hall–Kier alpha value is -0.380. The third kappa shape index (κ3) is 1.71. The molecule has 1 aromatic rings. The van der Waals surface area contributed by atoms with Crippen molar-refractivity contribution in [2.75, 3.05) is 0 Å². The maximum Gasteiger partial charge on any atom is 0.0763 e. The third-order valence-corrected chi connectivity index (χ3v) is 4.61. The van der Waals surface area contributed by atoms with Crippen LogP contribution in [-0.4, -0.2) is 17.7 Å². The van der Waals surface area contributed by atoms with Crippen LogP contribution in [0.2, 0.25) is 0 Å². The number of hydrogen-bond donors (Lipinski definition) is 1. The molecule has 3 atom stereocenters. The Bertz CT molecular complexity index is 409. The molecule has 2 nitrogen and oxygen atoms in total. The lowest BCUT2D eigenvalue weighted by molar-refractivity contribution is 0.0856. The smallest absolute Gasteiger partial charge is 0.0763 e. The van der Waals surface area contributed by atoms with Gasteiger partial charge >= 0.3 is 0 Å². The van der Waals surface area contributed by atoms with Gasteiger partial charge < -0.3 is 10.5 Å². The molecular formula is C13H16BrNO.